The lowest BCUT2D eigenvalue weighted by Gasteiger charge is -2.29. The van der Waals surface area contributed by atoms with E-state index >= 15 is 0 Å². The van der Waals surface area contributed by atoms with Gasteiger partial charge in [-0.3, -0.25) is 4.79 Å². The van der Waals surface area contributed by atoms with E-state index < -0.39 is 6.04 Å². The van der Waals surface area contributed by atoms with Gasteiger partial charge in [-0.05, 0) is 48.9 Å². The number of hydrogen-bond acceptors (Lipinski definition) is 5. The SMILES string of the molecule is COc1cccc([C@H]2C(C(=O)Nc3ccc(Cl)cc3)=C(C)Nc3ncnn32)c1. The number of nitrogens with one attached hydrogen (secondary N) is 2. The summed E-state index contributed by atoms with van der Waals surface area (Å²) in [6.45, 7) is 1.85. The maximum atomic E-state index is 13.2. The molecule has 0 spiro atoms. The van der Waals surface area contributed by atoms with Crippen molar-refractivity contribution < 1.29 is 9.53 Å². The minimum Gasteiger partial charge on any atom is -0.497 e. The summed E-state index contributed by atoms with van der Waals surface area (Å²) < 4.78 is 7.05. The van der Waals surface area contributed by atoms with Crippen molar-refractivity contribution >= 4 is 29.1 Å². The third-order valence-corrected chi connectivity index (χ3v) is 4.80. The van der Waals surface area contributed by atoms with Crippen molar-refractivity contribution in [2.45, 2.75) is 13.0 Å². The summed E-state index contributed by atoms with van der Waals surface area (Å²) in [6.07, 6.45) is 1.46. The molecular weight excluding hydrogens is 378 g/mol. The Morgan fingerprint density at radius 3 is 2.79 bits per heavy atom. The van der Waals surface area contributed by atoms with Crippen LogP contribution in [0.1, 0.15) is 18.5 Å². The van der Waals surface area contributed by atoms with Crippen LogP contribution in [-0.2, 0) is 4.79 Å². The number of halogens is 1. The van der Waals surface area contributed by atoms with E-state index in [0.717, 1.165) is 5.56 Å². The summed E-state index contributed by atoms with van der Waals surface area (Å²) in [6, 6.07) is 14.1. The number of carbonyl (C=O) groups is 1. The van der Waals surface area contributed by atoms with Crippen LogP contribution >= 0.6 is 11.6 Å². The maximum Gasteiger partial charge on any atom is 0.255 e. The number of aromatic nitrogens is 3. The minimum absolute atomic E-state index is 0.235. The van der Waals surface area contributed by atoms with Crippen LogP contribution in [0.3, 0.4) is 0 Å². The van der Waals surface area contributed by atoms with Crippen molar-refractivity contribution in [1.82, 2.24) is 14.8 Å². The number of amides is 1. The Labute approximate surface area is 167 Å². The molecule has 0 saturated heterocycles. The lowest BCUT2D eigenvalue weighted by Crippen LogP contribution is -2.31. The highest BCUT2D eigenvalue weighted by atomic mass is 35.5. The first-order valence-electron chi connectivity index (χ1n) is 8.65. The van der Waals surface area contributed by atoms with Gasteiger partial charge in [-0.2, -0.15) is 10.1 Å². The molecule has 7 nitrogen and oxygen atoms in total. The van der Waals surface area contributed by atoms with Gasteiger partial charge in [0.1, 0.15) is 18.1 Å². The highest BCUT2D eigenvalue weighted by Crippen LogP contribution is 2.36. The quantitative estimate of drug-likeness (QED) is 0.700. The Morgan fingerprint density at radius 1 is 1.25 bits per heavy atom. The van der Waals surface area contributed by atoms with Crippen LogP contribution in [0.4, 0.5) is 11.6 Å². The first-order chi connectivity index (χ1) is 13.6. The number of hydrogen-bond donors (Lipinski definition) is 2. The van der Waals surface area contributed by atoms with Gasteiger partial charge in [-0.25, -0.2) is 4.68 Å². The second kappa shape index (κ2) is 7.36. The van der Waals surface area contributed by atoms with Crippen molar-refractivity contribution in [1.29, 1.82) is 0 Å². The molecule has 1 aliphatic rings. The molecule has 2 heterocycles. The van der Waals surface area contributed by atoms with E-state index in [2.05, 4.69) is 20.7 Å². The molecule has 0 aliphatic carbocycles. The van der Waals surface area contributed by atoms with Gasteiger partial charge in [-0.15, -0.1) is 0 Å². The summed E-state index contributed by atoms with van der Waals surface area (Å²) in [5.41, 5.74) is 2.78. The normalized spacial score (nSPS) is 15.6. The van der Waals surface area contributed by atoms with Crippen LogP contribution in [0.25, 0.3) is 0 Å². The zero-order valence-electron chi connectivity index (χ0n) is 15.3. The molecular formula is C20H18ClN5O2. The van der Waals surface area contributed by atoms with Crippen molar-refractivity contribution in [2.24, 2.45) is 0 Å². The van der Waals surface area contributed by atoms with E-state index in [-0.39, 0.29) is 5.91 Å². The molecule has 28 heavy (non-hydrogen) atoms. The van der Waals surface area contributed by atoms with Crippen LogP contribution < -0.4 is 15.4 Å². The predicted molar refractivity (Wildman–Crippen MR) is 108 cm³/mol. The minimum atomic E-state index is -0.443. The number of fused-ring (bicyclic) bond motifs is 1. The standard InChI is InChI=1S/C20H18ClN5O2/c1-12-17(19(27)25-15-8-6-14(21)7-9-15)18(26-20(24-12)22-11-23-26)13-4-3-5-16(10-13)28-2/h3-11,18H,1-2H3,(H,25,27)(H,22,23,24)/t18-/m0/s1. The molecule has 3 aromatic rings. The molecule has 1 amide bonds. The zero-order chi connectivity index (χ0) is 19.7. The van der Waals surface area contributed by atoms with E-state index in [4.69, 9.17) is 16.3 Å². The molecule has 0 saturated carbocycles. The van der Waals surface area contributed by atoms with Gasteiger partial charge in [0.25, 0.3) is 5.91 Å². The van der Waals surface area contributed by atoms with Gasteiger partial charge in [0, 0.05) is 16.4 Å². The number of methoxy groups -OCH3 is 1. The number of ether oxygens (including phenoxy) is 1. The second-order valence-electron chi connectivity index (χ2n) is 6.33. The van der Waals surface area contributed by atoms with E-state index in [1.54, 1.807) is 36.1 Å². The van der Waals surface area contributed by atoms with Gasteiger partial charge in [0.05, 0.1) is 12.7 Å². The molecule has 2 aromatic carbocycles. The van der Waals surface area contributed by atoms with Crippen molar-refractivity contribution in [2.75, 3.05) is 17.7 Å². The molecule has 2 N–H and O–H groups in total. The molecule has 1 aliphatic heterocycles. The molecule has 142 valence electrons. The highest BCUT2D eigenvalue weighted by Gasteiger charge is 2.33. The van der Waals surface area contributed by atoms with Gasteiger partial charge in [-0.1, -0.05) is 23.7 Å². The molecule has 1 atom stereocenters. The summed E-state index contributed by atoms with van der Waals surface area (Å²) in [4.78, 5) is 17.4. The van der Waals surface area contributed by atoms with Crippen LogP contribution in [0.15, 0.2) is 66.1 Å². The Bertz CT molecular complexity index is 1060. The third kappa shape index (κ3) is 3.32. The van der Waals surface area contributed by atoms with Gasteiger partial charge in [0.15, 0.2) is 0 Å². The summed E-state index contributed by atoms with van der Waals surface area (Å²) in [5.74, 6) is 1.04. The fourth-order valence-electron chi connectivity index (χ4n) is 3.24. The van der Waals surface area contributed by atoms with Crippen molar-refractivity contribution in [3.05, 3.63) is 76.7 Å². The summed E-state index contributed by atoms with van der Waals surface area (Å²) in [5, 5.41) is 11.0. The first kappa shape index (κ1) is 18.1. The zero-order valence-corrected chi connectivity index (χ0v) is 16.1. The van der Waals surface area contributed by atoms with Crippen LogP contribution in [0.2, 0.25) is 5.02 Å². The Balaban J connectivity index is 1.76. The molecule has 0 radical (unpaired) electrons. The average molecular weight is 396 g/mol. The molecule has 0 fully saturated rings. The smallest absolute Gasteiger partial charge is 0.255 e. The maximum absolute atomic E-state index is 13.2. The van der Waals surface area contributed by atoms with Gasteiger partial charge < -0.3 is 15.4 Å². The number of benzene rings is 2. The average Bonchev–Trinajstić information content (AvgIpc) is 3.16. The van der Waals surface area contributed by atoms with Crippen LogP contribution in [0, 0.1) is 0 Å². The monoisotopic (exact) mass is 395 g/mol. The second-order valence-corrected chi connectivity index (χ2v) is 6.77. The Kier molecular flexibility index (Phi) is 4.75. The number of allylic oxidation sites excluding steroid dienone is 1. The van der Waals surface area contributed by atoms with Crippen molar-refractivity contribution in [3.63, 3.8) is 0 Å². The lowest BCUT2D eigenvalue weighted by atomic mass is 9.95. The summed E-state index contributed by atoms with van der Waals surface area (Å²) >= 11 is 5.93. The Morgan fingerprint density at radius 2 is 2.04 bits per heavy atom. The first-order valence-corrected chi connectivity index (χ1v) is 9.03. The van der Waals surface area contributed by atoms with Crippen LogP contribution in [-0.4, -0.2) is 27.8 Å². The number of rotatable bonds is 4. The molecule has 1 aromatic heterocycles. The Hall–Kier alpha value is -3.32. The number of nitrogens with zero attached hydrogens (tertiary/aromatic N) is 3. The number of carbonyl (C=O) groups excluding carboxylic acids is 1. The predicted octanol–water partition coefficient (Wildman–Crippen LogP) is 3.87. The fraction of sp³-hybridized carbons (Fsp3) is 0.150. The van der Waals surface area contributed by atoms with Crippen molar-refractivity contribution in [3.8, 4) is 5.75 Å². The fourth-order valence-corrected chi connectivity index (χ4v) is 3.36. The molecule has 8 heteroatoms. The topological polar surface area (TPSA) is 81.1 Å². The largest absolute Gasteiger partial charge is 0.497 e. The molecule has 0 unspecified atom stereocenters. The van der Waals surface area contributed by atoms with E-state index in [9.17, 15) is 4.79 Å². The number of anilines is 2. The molecule has 0 bridgehead atoms. The highest BCUT2D eigenvalue weighted by molar-refractivity contribution is 6.30. The van der Waals surface area contributed by atoms with Gasteiger partial charge in [0.2, 0.25) is 5.95 Å². The lowest BCUT2D eigenvalue weighted by molar-refractivity contribution is -0.113. The third-order valence-electron chi connectivity index (χ3n) is 4.55. The van der Waals surface area contributed by atoms with E-state index in [1.165, 1.54) is 6.33 Å². The van der Waals surface area contributed by atoms with Gasteiger partial charge >= 0.3 is 0 Å². The van der Waals surface area contributed by atoms with Crippen LogP contribution in [0.5, 0.6) is 5.75 Å². The van der Waals surface area contributed by atoms with E-state index in [1.807, 2.05) is 31.2 Å². The van der Waals surface area contributed by atoms with E-state index in [0.29, 0.717) is 33.7 Å². The summed E-state index contributed by atoms with van der Waals surface area (Å²) in [7, 11) is 1.61. The molecule has 4 rings (SSSR count).